The maximum Gasteiger partial charge on any atom is 0.215 e. The number of aromatic nitrogens is 1. The summed E-state index contributed by atoms with van der Waals surface area (Å²) in [5, 5.41) is 7.02. The van der Waals surface area contributed by atoms with E-state index in [9.17, 15) is 0 Å². The molecule has 0 saturated carbocycles. The number of fused-ring (bicyclic) bond motifs is 3. The Bertz CT molecular complexity index is 986. The van der Waals surface area contributed by atoms with E-state index in [-0.39, 0.29) is 12.3 Å². The number of hydrogen-bond acceptors (Lipinski definition) is 5. The summed E-state index contributed by atoms with van der Waals surface area (Å²) in [6.45, 7) is 0. The molecule has 2 aromatic carbocycles. The van der Waals surface area contributed by atoms with Crippen molar-refractivity contribution >= 4 is 5.71 Å². The number of nitrogens with zero attached hydrogens (tertiary/aromatic N) is 3. The normalized spacial score (nSPS) is 20.3. The molecule has 0 radical (unpaired) electrons. The molecular formula is C22H19N3O2. The van der Waals surface area contributed by atoms with Crippen LogP contribution >= 0.6 is 0 Å². The van der Waals surface area contributed by atoms with Crippen LogP contribution in [0, 0.1) is 0 Å². The highest BCUT2D eigenvalue weighted by atomic mass is 16.5. The lowest BCUT2D eigenvalue weighted by molar-refractivity contribution is -0.0192. The van der Waals surface area contributed by atoms with Gasteiger partial charge in [-0.25, -0.2) is 5.01 Å². The second-order valence-corrected chi connectivity index (χ2v) is 6.67. The Morgan fingerprint density at radius 2 is 1.89 bits per heavy atom. The van der Waals surface area contributed by atoms with Crippen LogP contribution in [0.2, 0.25) is 0 Å². The van der Waals surface area contributed by atoms with Crippen molar-refractivity contribution < 1.29 is 9.47 Å². The molecule has 0 N–H and O–H groups in total. The fourth-order valence-electron chi connectivity index (χ4n) is 3.73. The molecule has 134 valence electrons. The van der Waals surface area contributed by atoms with E-state index in [1.807, 2.05) is 42.6 Å². The van der Waals surface area contributed by atoms with Crippen molar-refractivity contribution in [1.29, 1.82) is 0 Å². The summed E-state index contributed by atoms with van der Waals surface area (Å²) < 4.78 is 11.6. The summed E-state index contributed by atoms with van der Waals surface area (Å²) in [7, 11) is 1.68. The first-order valence-corrected chi connectivity index (χ1v) is 8.99. The molecule has 0 fully saturated rings. The number of pyridine rings is 1. The summed E-state index contributed by atoms with van der Waals surface area (Å²) in [5.74, 6) is 1.76. The Hall–Kier alpha value is -3.34. The van der Waals surface area contributed by atoms with Crippen molar-refractivity contribution in [3.05, 3.63) is 89.7 Å². The molecule has 2 aliphatic heterocycles. The van der Waals surface area contributed by atoms with Gasteiger partial charge in [-0.15, -0.1) is 0 Å². The van der Waals surface area contributed by atoms with Crippen LogP contribution in [0.5, 0.6) is 11.5 Å². The maximum atomic E-state index is 6.31. The lowest BCUT2D eigenvalue weighted by atomic mass is 9.96. The van der Waals surface area contributed by atoms with Crippen LogP contribution in [-0.2, 0) is 0 Å². The number of rotatable bonds is 3. The Labute approximate surface area is 157 Å². The van der Waals surface area contributed by atoms with Crippen LogP contribution in [0.4, 0.5) is 0 Å². The van der Waals surface area contributed by atoms with Gasteiger partial charge in [-0.05, 0) is 42.0 Å². The fraction of sp³-hybridized carbons (Fsp3) is 0.182. The number of ether oxygens (including phenoxy) is 2. The van der Waals surface area contributed by atoms with E-state index in [1.165, 1.54) is 5.56 Å². The number of hydrazone groups is 1. The second kappa shape index (κ2) is 6.43. The number of hydrogen-bond donors (Lipinski definition) is 0. The Balaban J connectivity index is 1.56. The minimum absolute atomic E-state index is 0.150. The summed E-state index contributed by atoms with van der Waals surface area (Å²) in [6.07, 6.45) is 4.17. The van der Waals surface area contributed by atoms with Crippen LogP contribution in [0.25, 0.3) is 0 Å². The summed E-state index contributed by atoms with van der Waals surface area (Å²) in [5.41, 5.74) is 4.33. The monoisotopic (exact) mass is 357 g/mol. The van der Waals surface area contributed by atoms with E-state index in [0.717, 1.165) is 34.8 Å². The van der Waals surface area contributed by atoms with Crippen LogP contribution < -0.4 is 9.47 Å². The molecule has 2 atom stereocenters. The van der Waals surface area contributed by atoms with E-state index in [0.29, 0.717) is 0 Å². The van der Waals surface area contributed by atoms with Gasteiger partial charge in [0.2, 0.25) is 6.23 Å². The van der Waals surface area contributed by atoms with Gasteiger partial charge < -0.3 is 9.47 Å². The molecule has 5 heteroatoms. The summed E-state index contributed by atoms with van der Waals surface area (Å²) in [6, 6.07) is 20.4. The van der Waals surface area contributed by atoms with Gasteiger partial charge in [-0.2, -0.15) is 5.10 Å². The largest absolute Gasteiger partial charge is 0.497 e. The minimum Gasteiger partial charge on any atom is -0.497 e. The van der Waals surface area contributed by atoms with Crippen molar-refractivity contribution in [3.8, 4) is 11.5 Å². The average Bonchev–Trinajstić information content (AvgIpc) is 3.19. The fourth-order valence-corrected chi connectivity index (χ4v) is 3.73. The zero-order chi connectivity index (χ0) is 18.2. The Morgan fingerprint density at radius 1 is 1.04 bits per heavy atom. The standard InChI is InChI=1S/C22H19N3O2/c1-26-17-10-8-15(9-11-17)19-13-20-18-6-2-3-7-21(18)27-22(25(20)24-19)16-5-4-12-23-14-16/h2-12,14,20,22H,13H2,1H3/t20-,22+/m0/s1. The molecule has 1 aromatic heterocycles. The molecule has 5 rings (SSSR count). The van der Waals surface area contributed by atoms with Crippen molar-refractivity contribution in [1.82, 2.24) is 9.99 Å². The maximum absolute atomic E-state index is 6.31. The van der Waals surface area contributed by atoms with Crippen LogP contribution in [-0.4, -0.2) is 22.8 Å². The first-order valence-electron chi connectivity index (χ1n) is 8.99. The van der Waals surface area contributed by atoms with E-state index in [4.69, 9.17) is 14.6 Å². The SMILES string of the molecule is COc1ccc(C2=NN3[C@@H](c4cccnc4)Oc4ccccc4[C@@H]3C2)cc1. The van der Waals surface area contributed by atoms with E-state index < -0.39 is 0 Å². The number of benzene rings is 2. The van der Waals surface area contributed by atoms with Gasteiger partial charge in [-0.3, -0.25) is 4.98 Å². The van der Waals surface area contributed by atoms with Crippen molar-refractivity contribution in [3.63, 3.8) is 0 Å². The summed E-state index contributed by atoms with van der Waals surface area (Å²) >= 11 is 0. The number of para-hydroxylation sites is 1. The molecular weight excluding hydrogens is 338 g/mol. The third-order valence-electron chi connectivity index (χ3n) is 5.09. The van der Waals surface area contributed by atoms with Crippen LogP contribution in [0.15, 0.2) is 78.2 Å². The molecule has 0 spiro atoms. The highest BCUT2D eigenvalue weighted by Gasteiger charge is 2.40. The first kappa shape index (κ1) is 15.9. The van der Waals surface area contributed by atoms with Crippen LogP contribution in [0.3, 0.4) is 0 Å². The van der Waals surface area contributed by atoms with Gasteiger partial charge >= 0.3 is 0 Å². The molecule has 5 nitrogen and oxygen atoms in total. The molecule has 27 heavy (non-hydrogen) atoms. The average molecular weight is 357 g/mol. The Morgan fingerprint density at radius 3 is 2.67 bits per heavy atom. The third kappa shape index (κ3) is 2.72. The van der Waals surface area contributed by atoms with Gasteiger partial charge in [0.25, 0.3) is 0 Å². The number of methoxy groups -OCH3 is 1. The predicted molar refractivity (Wildman–Crippen MR) is 103 cm³/mol. The molecule has 2 aliphatic rings. The molecule has 0 amide bonds. The van der Waals surface area contributed by atoms with E-state index in [1.54, 1.807) is 13.3 Å². The lowest BCUT2D eigenvalue weighted by Gasteiger charge is -2.38. The first-order chi connectivity index (χ1) is 13.3. The predicted octanol–water partition coefficient (Wildman–Crippen LogP) is 4.33. The van der Waals surface area contributed by atoms with E-state index >= 15 is 0 Å². The molecule has 0 saturated heterocycles. The van der Waals surface area contributed by atoms with E-state index in [2.05, 4.69) is 34.3 Å². The highest BCUT2D eigenvalue weighted by molar-refractivity contribution is 6.02. The molecule has 0 aliphatic carbocycles. The van der Waals surface area contributed by atoms with Crippen molar-refractivity contribution in [2.45, 2.75) is 18.7 Å². The minimum atomic E-state index is -0.283. The lowest BCUT2D eigenvalue weighted by Crippen LogP contribution is -2.33. The van der Waals surface area contributed by atoms with Gasteiger partial charge in [0.15, 0.2) is 0 Å². The smallest absolute Gasteiger partial charge is 0.215 e. The van der Waals surface area contributed by atoms with Crippen molar-refractivity contribution in [2.24, 2.45) is 5.10 Å². The topological polar surface area (TPSA) is 47.0 Å². The van der Waals surface area contributed by atoms with Crippen molar-refractivity contribution in [2.75, 3.05) is 7.11 Å². The highest BCUT2D eigenvalue weighted by Crippen LogP contribution is 2.47. The molecule has 0 unspecified atom stereocenters. The molecule has 3 aromatic rings. The van der Waals surface area contributed by atoms with Gasteiger partial charge in [0.05, 0.1) is 18.9 Å². The molecule has 0 bridgehead atoms. The quantitative estimate of drug-likeness (QED) is 0.700. The third-order valence-corrected chi connectivity index (χ3v) is 5.09. The Kier molecular flexibility index (Phi) is 3.78. The zero-order valence-electron chi connectivity index (χ0n) is 14.9. The van der Waals surface area contributed by atoms with Gasteiger partial charge in [0, 0.05) is 29.9 Å². The van der Waals surface area contributed by atoms with Gasteiger partial charge in [-0.1, -0.05) is 24.3 Å². The molecule has 3 heterocycles. The van der Waals surface area contributed by atoms with Crippen LogP contribution in [0.1, 0.15) is 35.4 Å². The second-order valence-electron chi connectivity index (χ2n) is 6.67. The summed E-state index contributed by atoms with van der Waals surface area (Å²) in [4.78, 5) is 4.26. The van der Waals surface area contributed by atoms with Gasteiger partial charge in [0.1, 0.15) is 11.5 Å². The zero-order valence-corrected chi connectivity index (χ0v) is 14.9.